The summed E-state index contributed by atoms with van der Waals surface area (Å²) >= 11 is 0. The van der Waals surface area contributed by atoms with E-state index in [9.17, 15) is 18.0 Å². The van der Waals surface area contributed by atoms with Gasteiger partial charge >= 0.3 is 6.30 Å². The zero-order valence-corrected chi connectivity index (χ0v) is 17.9. The molecular weight excluding hydrogens is 433 g/mol. The SMILES string of the molecule is CC(=O)c1cccc(-c2cc(Nc3ccc(NC(F)(F)F)cc3)cc(N3CCOCC3)n2)c1. The molecule has 2 N–H and O–H groups in total. The Bertz CT molecular complexity index is 1130. The Hall–Kier alpha value is -3.59. The van der Waals surface area contributed by atoms with E-state index in [-0.39, 0.29) is 11.5 Å². The van der Waals surface area contributed by atoms with Crippen molar-refractivity contribution in [2.24, 2.45) is 0 Å². The van der Waals surface area contributed by atoms with Crippen LogP contribution in [0, 0.1) is 0 Å². The van der Waals surface area contributed by atoms with Crippen LogP contribution in [0.25, 0.3) is 11.3 Å². The first-order valence-corrected chi connectivity index (χ1v) is 10.4. The zero-order valence-electron chi connectivity index (χ0n) is 17.9. The highest BCUT2D eigenvalue weighted by Crippen LogP contribution is 2.30. The average molecular weight is 456 g/mol. The molecule has 2 aromatic carbocycles. The molecule has 0 radical (unpaired) electrons. The van der Waals surface area contributed by atoms with E-state index in [0.29, 0.717) is 43.2 Å². The fraction of sp³-hybridized carbons (Fsp3) is 0.250. The van der Waals surface area contributed by atoms with Crippen molar-refractivity contribution in [2.45, 2.75) is 13.2 Å². The molecule has 0 atom stereocenters. The number of nitrogens with zero attached hydrogens (tertiary/aromatic N) is 2. The largest absolute Gasteiger partial charge is 0.482 e. The predicted molar refractivity (Wildman–Crippen MR) is 122 cm³/mol. The van der Waals surface area contributed by atoms with Crippen LogP contribution in [0.5, 0.6) is 0 Å². The molecule has 2 heterocycles. The molecule has 0 saturated carbocycles. The Morgan fingerprint density at radius 1 is 0.970 bits per heavy atom. The number of ketones is 1. The van der Waals surface area contributed by atoms with E-state index in [0.717, 1.165) is 17.1 Å². The molecule has 1 aliphatic rings. The highest BCUT2D eigenvalue weighted by atomic mass is 19.4. The number of pyridine rings is 1. The van der Waals surface area contributed by atoms with Gasteiger partial charge in [-0.25, -0.2) is 4.98 Å². The number of carbonyl (C=O) groups excluding carboxylic acids is 1. The van der Waals surface area contributed by atoms with E-state index in [1.54, 1.807) is 24.3 Å². The molecule has 1 fully saturated rings. The van der Waals surface area contributed by atoms with Crippen LogP contribution in [-0.4, -0.2) is 43.4 Å². The first-order chi connectivity index (χ1) is 15.8. The van der Waals surface area contributed by atoms with Crippen molar-refractivity contribution in [2.75, 3.05) is 41.8 Å². The molecule has 1 saturated heterocycles. The summed E-state index contributed by atoms with van der Waals surface area (Å²) in [5.41, 5.74) is 3.38. The molecule has 0 spiro atoms. The molecule has 33 heavy (non-hydrogen) atoms. The Labute approximate surface area is 189 Å². The maximum Gasteiger partial charge on any atom is 0.482 e. The number of ether oxygens (including phenoxy) is 1. The van der Waals surface area contributed by atoms with Crippen molar-refractivity contribution in [3.63, 3.8) is 0 Å². The second kappa shape index (κ2) is 9.50. The third-order valence-electron chi connectivity index (χ3n) is 5.17. The summed E-state index contributed by atoms with van der Waals surface area (Å²) in [6.07, 6.45) is -4.49. The molecule has 9 heteroatoms. The van der Waals surface area contributed by atoms with Gasteiger partial charge in [-0.3, -0.25) is 10.1 Å². The summed E-state index contributed by atoms with van der Waals surface area (Å²) < 4.78 is 43.0. The Morgan fingerprint density at radius 2 is 1.67 bits per heavy atom. The molecule has 1 aliphatic heterocycles. The maximum absolute atomic E-state index is 12.5. The molecule has 172 valence electrons. The van der Waals surface area contributed by atoms with E-state index < -0.39 is 6.30 Å². The second-order valence-corrected chi connectivity index (χ2v) is 7.66. The van der Waals surface area contributed by atoms with Gasteiger partial charge < -0.3 is 15.0 Å². The van der Waals surface area contributed by atoms with Gasteiger partial charge in [0.25, 0.3) is 0 Å². The summed E-state index contributed by atoms with van der Waals surface area (Å²) in [4.78, 5) is 18.8. The van der Waals surface area contributed by atoms with Gasteiger partial charge in [-0.2, -0.15) is 13.2 Å². The Morgan fingerprint density at radius 3 is 2.33 bits per heavy atom. The van der Waals surface area contributed by atoms with Crippen molar-refractivity contribution in [1.82, 2.24) is 4.98 Å². The van der Waals surface area contributed by atoms with Gasteiger partial charge in [0.05, 0.1) is 18.9 Å². The quantitative estimate of drug-likeness (QED) is 0.379. The number of anilines is 4. The van der Waals surface area contributed by atoms with Gasteiger partial charge in [-0.15, -0.1) is 0 Å². The number of benzene rings is 2. The molecule has 3 aromatic rings. The van der Waals surface area contributed by atoms with Crippen LogP contribution >= 0.6 is 0 Å². The molecule has 4 rings (SSSR count). The van der Waals surface area contributed by atoms with Gasteiger partial charge in [-0.05, 0) is 43.3 Å². The Balaban J connectivity index is 1.66. The van der Waals surface area contributed by atoms with Gasteiger partial charge in [0, 0.05) is 47.3 Å². The van der Waals surface area contributed by atoms with Crippen LogP contribution in [0.1, 0.15) is 17.3 Å². The number of nitrogens with one attached hydrogen (secondary N) is 2. The molecule has 6 nitrogen and oxygen atoms in total. The number of halogens is 3. The average Bonchev–Trinajstić information content (AvgIpc) is 2.80. The van der Waals surface area contributed by atoms with Crippen LogP contribution < -0.4 is 15.5 Å². The minimum atomic E-state index is -4.49. The lowest BCUT2D eigenvalue weighted by Gasteiger charge is -2.28. The van der Waals surface area contributed by atoms with E-state index in [4.69, 9.17) is 9.72 Å². The number of hydrogen-bond donors (Lipinski definition) is 2. The second-order valence-electron chi connectivity index (χ2n) is 7.66. The molecule has 0 bridgehead atoms. The zero-order chi connectivity index (χ0) is 23.4. The van der Waals surface area contributed by atoms with Gasteiger partial charge in [0.15, 0.2) is 5.78 Å². The Kier molecular flexibility index (Phi) is 6.50. The summed E-state index contributed by atoms with van der Waals surface area (Å²) in [6, 6.07) is 16.9. The third-order valence-corrected chi connectivity index (χ3v) is 5.17. The molecule has 0 aliphatic carbocycles. The first-order valence-electron chi connectivity index (χ1n) is 10.4. The third kappa shape index (κ3) is 6.01. The normalized spacial score (nSPS) is 14.1. The van der Waals surface area contributed by atoms with Gasteiger partial charge in [-0.1, -0.05) is 18.2 Å². The van der Waals surface area contributed by atoms with Crippen molar-refractivity contribution in [1.29, 1.82) is 0 Å². The van der Waals surface area contributed by atoms with Crippen molar-refractivity contribution < 1.29 is 22.7 Å². The van der Waals surface area contributed by atoms with Crippen molar-refractivity contribution >= 4 is 28.7 Å². The van der Waals surface area contributed by atoms with Gasteiger partial charge in [0.1, 0.15) is 5.82 Å². The number of aromatic nitrogens is 1. The summed E-state index contributed by atoms with van der Waals surface area (Å²) in [5, 5.41) is 4.73. The van der Waals surface area contributed by atoms with Gasteiger partial charge in [0.2, 0.25) is 0 Å². The number of morpholine rings is 1. The topological polar surface area (TPSA) is 66.5 Å². The smallest absolute Gasteiger partial charge is 0.378 e. The monoisotopic (exact) mass is 456 g/mol. The number of alkyl halides is 3. The summed E-state index contributed by atoms with van der Waals surface area (Å²) in [7, 11) is 0. The minimum Gasteiger partial charge on any atom is -0.378 e. The highest BCUT2D eigenvalue weighted by molar-refractivity contribution is 5.95. The fourth-order valence-electron chi connectivity index (χ4n) is 3.56. The lowest BCUT2D eigenvalue weighted by Crippen LogP contribution is -2.36. The fourth-order valence-corrected chi connectivity index (χ4v) is 3.56. The lowest BCUT2D eigenvalue weighted by molar-refractivity contribution is -0.0999. The van der Waals surface area contributed by atoms with Crippen molar-refractivity contribution in [3.8, 4) is 11.3 Å². The lowest BCUT2D eigenvalue weighted by atomic mass is 10.0. The van der Waals surface area contributed by atoms with E-state index in [1.807, 2.05) is 24.3 Å². The molecule has 0 amide bonds. The minimum absolute atomic E-state index is 0.0351. The first kappa shape index (κ1) is 22.6. The van der Waals surface area contributed by atoms with Crippen LogP contribution in [0.3, 0.4) is 0 Å². The van der Waals surface area contributed by atoms with Crippen molar-refractivity contribution in [3.05, 3.63) is 66.2 Å². The van der Waals surface area contributed by atoms with Crippen LogP contribution in [-0.2, 0) is 4.74 Å². The van der Waals surface area contributed by atoms with E-state index >= 15 is 0 Å². The molecular formula is C24H23F3N4O2. The highest BCUT2D eigenvalue weighted by Gasteiger charge is 2.26. The van der Waals surface area contributed by atoms with Crippen LogP contribution in [0.2, 0.25) is 0 Å². The number of hydrogen-bond acceptors (Lipinski definition) is 6. The predicted octanol–water partition coefficient (Wildman–Crippen LogP) is 5.46. The summed E-state index contributed by atoms with van der Waals surface area (Å²) in [5.74, 6) is 0.717. The van der Waals surface area contributed by atoms with E-state index in [1.165, 1.54) is 24.4 Å². The number of rotatable bonds is 6. The molecule has 0 unspecified atom stereocenters. The van der Waals surface area contributed by atoms with Crippen LogP contribution in [0.15, 0.2) is 60.7 Å². The summed E-state index contributed by atoms with van der Waals surface area (Å²) in [6.45, 7) is 4.10. The number of Topliss-reactive ketones (excluding diaryl/α,β-unsaturated/α-hetero) is 1. The van der Waals surface area contributed by atoms with E-state index in [2.05, 4.69) is 10.2 Å². The standard InChI is InChI=1S/C24H23F3N4O2/c1-16(32)17-3-2-4-18(13-17)22-14-21(15-23(29-22)31-9-11-33-12-10-31)28-19-5-7-20(8-6-19)30-24(25,26)27/h2-8,13-15,30H,9-12H2,1H3,(H,28,29). The number of carbonyl (C=O) groups is 1. The maximum atomic E-state index is 12.5. The van der Waals surface area contributed by atoms with Crippen LogP contribution in [0.4, 0.5) is 36.1 Å². The molecule has 1 aromatic heterocycles.